The van der Waals surface area contributed by atoms with Crippen LogP contribution in [-0.4, -0.2) is 38.7 Å². The lowest BCUT2D eigenvalue weighted by atomic mass is 10.1. The lowest BCUT2D eigenvalue weighted by molar-refractivity contribution is 0.0972. The van der Waals surface area contributed by atoms with Crippen LogP contribution in [0.25, 0.3) is 0 Å². The van der Waals surface area contributed by atoms with Crippen molar-refractivity contribution < 1.29 is 18.7 Å². The van der Waals surface area contributed by atoms with Crippen LogP contribution in [0, 0.1) is 6.92 Å². The van der Waals surface area contributed by atoms with Gasteiger partial charge in [0.25, 0.3) is 5.91 Å². The molecule has 4 N–H and O–H groups in total. The molecule has 2 aromatic rings. The van der Waals surface area contributed by atoms with Crippen molar-refractivity contribution in [3.63, 3.8) is 0 Å². The molecular formula is C20H28N4O4. The number of primary amides is 1. The average molecular weight is 388 g/mol. The molecule has 0 bridgehead atoms. The van der Waals surface area contributed by atoms with E-state index >= 15 is 0 Å². The van der Waals surface area contributed by atoms with Gasteiger partial charge in [-0.25, -0.2) is 4.99 Å². The smallest absolute Gasteiger partial charge is 0.284 e. The minimum absolute atomic E-state index is 0.135. The number of nitrogens with two attached hydrogens (primary N) is 1. The van der Waals surface area contributed by atoms with Gasteiger partial charge in [-0.3, -0.25) is 4.79 Å². The molecule has 0 atom stereocenters. The Balaban J connectivity index is 2.03. The molecule has 152 valence electrons. The van der Waals surface area contributed by atoms with Gasteiger partial charge in [0.05, 0.1) is 19.7 Å². The predicted molar refractivity (Wildman–Crippen MR) is 107 cm³/mol. The maximum absolute atomic E-state index is 11.1. The molecule has 1 heterocycles. The first-order valence-electron chi connectivity index (χ1n) is 9.15. The van der Waals surface area contributed by atoms with Gasteiger partial charge in [-0.15, -0.1) is 0 Å². The number of rotatable bonds is 10. The number of hydrogen-bond donors (Lipinski definition) is 3. The first kappa shape index (κ1) is 21.3. The fourth-order valence-electron chi connectivity index (χ4n) is 2.44. The van der Waals surface area contributed by atoms with E-state index in [2.05, 4.69) is 15.6 Å². The molecule has 2 rings (SSSR count). The molecule has 0 saturated carbocycles. The third kappa shape index (κ3) is 6.62. The van der Waals surface area contributed by atoms with E-state index in [-0.39, 0.29) is 5.76 Å². The van der Waals surface area contributed by atoms with Gasteiger partial charge in [0.15, 0.2) is 11.7 Å². The van der Waals surface area contributed by atoms with E-state index < -0.39 is 5.91 Å². The van der Waals surface area contributed by atoms with Crippen molar-refractivity contribution >= 4 is 11.9 Å². The maximum atomic E-state index is 11.1. The second kappa shape index (κ2) is 11.0. The lowest BCUT2D eigenvalue weighted by Crippen LogP contribution is -2.36. The zero-order valence-electron chi connectivity index (χ0n) is 16.6. The molecule has 0 spiro atoms. The van der Waals surface area contributed by atoms with E-state index in [1.807, 2.05) is 32.0 Å². The fourth-order valence-corrected chi connectivity index (χ4v) is 2.44. The van der Waals surface area contributed by atoms with Gasteiger partial charge >= 0.3 is 0 Å². The van der Waals surface area contributed by atoms with E-state index in [0.717, 1.165) is 16.9 Å². The monoisotopic (exact) mass is 388 g/mol. The van der Waals surface area contributed by atoms with Crippen molar-refractivity contribution in [2.75, 3.05) is 26.9 Å². The average Bonchev–Trinajstić information content (AvgIpc) is 3.15. The number of nitrogens with one attached hydrogen (secondary N) is 2. The Morgan fingerprint density at radius 3 is 2.71 bits per heavy atom. The number of ether oxygens (including phenoxy) is 2. The molecule has 0 fully saturated rings. The Hall–Kier alpha value is -3.00. The van der Waals surface area contributed by atoms with Crippen LogP contribution in [0.15, 0.2) is 39.7 Å². The van der Waals surface area contributed by atoms with E-state index in [0.29, 0.717) is 44.6 Å². The van der Waals surface area contributed by atoms with Crippen LogP contribution in [0.3, 0.4) is 0 Å². The number of carbonyl (C=O) groups is 1. The van der Waals surface area contributed by atoms with Crippen LogP contribution in [0.2, 0.25) is 0 Å². The first-order valence-corrected chi connectivity index (χ1v) is 9.15. The van der Waals surface area contributed by atoms with Gasteiger partial charge < -0.3 is 30.3 Å². The minimum Gasteiger partial charge on any atom is -0.491 e. The molecular weight excluding hydrogens is 360 g/mol. The highest BCUT2D eigenvalue weighted by atomic mass is 16.5. The summed E-state index contributed by atoms with van der Waals surface area (Å²) >= 11 is 0. The van der Waals surface area contributed by atoms with E-state index in [1.54, 1.807) is 19.2 Å². The number of guanidine groups is 1. The summed E-state index contributed by atoms with van der Waals surface area (Å²) in [5.74, 6) is 1.57. The molecule has 0 radical (unpaired) electrons. The number of nitrogens with zero attached hydrogens (tertiary/aromatic N) is 1. The molecule has 0 saturated heterocycles. The second-order valence-electron chi connectivity index (χ2n) is 6.13. The van der Waals surface area contributed by atoms with Crippen LogP contribution < -0.4 is 21.1 Å². The van der Waals surface area contributed by atoms with Gasteiger partial charge in [0, 0.05) is 19.2 Å². The van der Waals surface area contributed by atoms with Crippen LogP contribution in [0.5, 0.6) is 5.75 Å². The van der Waals surface area contributed by atoms with E-state index in [1.165, 1.54) is 0 Å². The van der Waals surface area contributed by atoms with E-state index in [4.69, 9.17) is 19.6 Å². The Morgan fingerprint density at radius 2 is 2.04 bits per heavy atom. The Kier molecular flexibility index (Phi) is 8.36. The quantitative estimate of drug-likeness (QED) is 0.326. The number of carbonyl (C=O) groups excluding carboxylic acids is 1. The summed E-state index contributed by atoms with van der Waals surface area (Å²) in [6.07, 6.45) is 0. The summed E-state index contributed by atoms with van der Waals surface area (Å²) in [7, 11) is 1.64. The first-order chi connectivity index (χ1) is 13.5. The van der Waals surface area contributed by atoms with Crippen molar-refractivity contribution in [2.24, 2.45) is 10.7 Å². The van der Waals surface area contributed by atoms with Gasteiger partial charge in [-0.1, -0.05) is 12.1 Å². The fraction of sp³-hybridized carbons (Fsp3) is 0.400. The highest BCUT2D eigenvalue weighted by molar-refractivity contribution is 5.89. The molecule has 8 heteroatoms. The maximum Gasteiger partial charge on any atom is 0.284 e. The van der Waals surface area contributed by atoms with Gasteiger partial charge in [0.2, 0.25) is 0 Å². The van der Waals surface area contributed by atoms with Crippen molar-refractivity contribution in [1.82, 2.24) is 10.6 Å². The zero-order chi connectivity index (χ0) is 20.4. The van der Waals surface area contributed by atoms with E-state index in [9.17, 15) is 4.79 Å². The summed E-state index contributed by atoms with van der Waals surface area (Å²) in [4.78, 5) is 15.7. The number of aliphatic imine (C=N–C) groups is 1. The SMILES string of the molecule is CCNC(=NCc1ccc(C)cc1OCCOC)NCc1ccc(C(N)=O)o1. The Morgan fingerprint density at radius 1 is 1.21 bits per heavy atom. The molecule has 0 aliphatic carbocycles. The topological polar surface area (TPSA) is 111 Å². The molecule has 1 aromatic carbocycles. The van der Waals surface area contributed by atoms with Crippen LogP contribution >= 0.6 is 0 Å². The summed E-state index contributed by atoms with van der Waals surface area (Å²) in [6.45, 7) is 6.55. The van der Waals surface area contributed by atoms with Gasteiger partial charge in [0.1, 0.15) is 18.1 Å². The molecule has 0 unspecified atom stereocenters. The van der Waals surface area contributed by atoms with Crippen molar-refractivity contribution in [1.29, 1.82) is 0 Å². The van der Waals surface area contributed by atoms with Crippen LogP contribution in [0.1, 0.15) is 34.4 Å². The number of aryl methyl sites for hydroxylation is 1. The van der Waals surface area contributed by atoms with Crippen molar-refractivity contribution in [3.05, 3.63) is 53.0 Å². The number of amides is 1. The lowest BCUT2D eigenvalue weighted by Gasteiger charge is -2.13. The number of furan rings is 1. The summed E-state index contributed by atoms with van der Waals surface area (Å²) in [5.41, 5.74) is 7.30. The molecule has 0 aliphatic rings. The zero-order valence-corrected chi connectivity index (χ0v) is 16.6. The molecule has 1 amide bonds. The Bertz CT molecular complexity index is 801. The number of benzene rings is 1. The summed E-state index contributed by atoms with van der Waals surface area (Å²) in [6, 6.07) is 9.30. The molecule has 28 heavy (non-hydrogen) atoms. The van der Waals surface area contributed by atoms with Gasteiger partial charge in [-0.2, -0.15) is 0 Å². The van der Waals surface area contributed by atoms with Crippen LogP contribution in [0.4, 0.5) is 0 Å². The molecule has 0 aliphatic heterocycles. The van der Waals surface area contributed by atoms with Crippen LogP contribution in [-0.2, 0) is 17.8 Å². The Labute approximate surface area is 165 Å². The highest BCUT2D eigenvalue weighted by Crippen LogP contribution is 2.21. The second-order valence-corrected chi connectivity index (χ2v) is 6.13. The normalized spacial score (nSPS) is 11.3. The standard InChI is InChI=1S/C20H28N4O4/c1-4-22-20(24-13-16-7-8-17(28-16)19(21)25)23-12-15-6-5-14(2)11-18(15)27-10-9-26-3/h5-8,11H,4,9-10,12-13H2,1-3H3,(H2,21,25)(H2,22,23,24). The largest absolute Gasteiger partial charge is 0.491 e. The number of methoxy groups -OCH3 is 1. The predicted octanol–water partition coefficient (Wildman–Crippen LogP) is 1.97. The molecule has 1 aromatic heterocycles. The van der Waals surface area contributed by atoms with Gasteiger partial charge in [-0.05, 0) is 37.6 Å². The third-order valence-electron chi connectivity index (χ3n) is 3.85. The van der Waals surface area contributed by atoms with Crippen molar-refractivity contribution in [2.45, 2.75) is 26.9 Å². The summed E-state index contributed by atoms with van der Waals surface area (Å²) in [5, 5.41) is 6.36. The summed E-state index contributed by atoms with van der Waals surface area (Å²) < 4.78 is 16.2. The minimum atomic E-state index is -0.591. The molecule has 8 nitrogen and oxygen atoms in total. The third-order valence-corrected chi connectivity index (χ3v) is 3.85. The van der Waals surface area contributed by atoms with Crippen molar-refractivity contribution in [3.8, 4) is 5.75 Å². The number of hydrogen-bond acceptors (Lipinski definition) is 5. The highest BCUT2D eigenvalue weighted by Gasteiger charge is 2.08.